The summed E-state index contributed by atoms with van der Waals surface area (Å²) in [5.41, 5.74) is 0. The van der Waals surface area contributed by atoms with Gasteiger partial charge in [-0.1, -0.05) is 307 Å². The number of esters is 1. The predicted molar refractivity (Wildman–Crippen MR) is 329 cm³/mol. The summed E-state index contributed by atoms with van der Waals surface area (Å²) in [7, 11) is 0. The lowest BCUT2D eigenvalue weighted by Crippen LogP contribution is -2.45. The van der Waals surface area contributed by atoms with Gasteiger partial charge in [-0.3, -0.25) is 9.59 Å². The summed E-state index contributed by atoms with van der Waals surface area (Å²) in [4.78, 5) is 24.6. The quantitative estimate of drug-likeness (QED) is 0.0320. The molecule has 442 valence electrons. The van der Waals surface area contributed by atoms with E-state index >= 15 is 0 Å². The largest absolute Gasteiger partial charge is 0.466 e. The molecule has 6 heteroatoms. The molecule has 3 N–H and O–H groups in total. The van der Waals surface area contributed by atoms with Crippen molar-refractivity contribution in [3.05, 3.63) is 36.5 Å². The van der Waals surface area contributed by atoms with Crippen molar-refractivity contribution in [1.29, 1.82) is 0 Å². The topological polar surface area (TPSA) is 95.9 Å². The number of hydrogen-bond acceptors (Lipinski definition) is 5. The van der Waals surface area contributed by atoms with E-state index in [-0.39, 0.29) is 18.5 Å². The van der Waals surface area contributed by atoms with Gasteiger partial charge in [0.05, 0.1) is 25.4 Å². The van der Waals surface area contributed by atoms with E-state index in [2.05, 4.69) is 55.6 Å². The van der Waals surface area contributed by atoms with Gasteiger partial charge in [-0.05, 0) is 83.5 Å². The highest BCUT2D eigenvalue weighted by molar-refractivity contribution is 5.76. The van der Waals surface area contributed by atoms with Gasteiger partial charge in [-0.25, -0.2) is 0 Å². The van der Waals surface area contributed by atoms with E-state index in [4.69, 9.17) is 4.74 Å². The Balaban J connectivity index is 3.39. The van der Waals surface area contributed by atoms with Crippen LogP contribution < -0.4 is 5.32 Å². The molecule has 6 nitrogen and oxygen atoms in total. The molecule has 0 saturated heterocycles. The monoisotopic (exact) mass is 1050 g/mol. The molecule has 0 aromatic rings. The van der Waals surface area contributed by atoms with E-state index in [9.17, 15) is 19.8 Å². The molecular formula is C69H131NO5. The van der Waals surface area contributed by atoms with Crippen LogP contribution >= 0.6 is 0 Å². The number of allylic oxidation sites excluding steroid dienone is 6. The van der Waals surface area contributed by atoms with Crippen molar-refractivity contribution in [2.45, 2.75) is 379 Å². The molecule has 0 radical (unpaired) electrons. The van der Waals surface area contributed by atoms with Gasteiger partial charge < -0.3 is 20.3 Å². The summed E-state index contributed by atoms with van der Waals surface area (Å²) in [5, 5.41) is 23.3. The fraction of sp³-hybridized carbons (Fsp3) is 0.884. The Hall–Kier alpha value is -1.92. The van der Waals surface area contributed by atoms with E-state index in [0.29, 0.717) is 25.9 Å². The van der Waals surface area contributed by atoms with Crippen LogP contribution in [0.25, 0.3) is 0 Å². The molecule has 1 amide bonds. The predicted octanol–water partition coefficient (Wildman–Crippen LogP) is 21.5. The molecular weight excluding hydrogens is 923 g/mol. The Labute approximate surface area is 468 Å². The van der Waals surface area contributed by atoms with E-state index < -0.39 is 12.1 Å². The van der Waals surface area contributed by atoms with Crippen LogP contribution in [0, 0.1) is 0 Å². The molecule has 0 bridgehead atoms. The lowest BCUT2D eigenvalue weighted by Gasteiger charge is -2.22. The number of carbonyl (C=O) groups excluding carboxylic acids is 2. The molecule has 2 atom stereocenters. The van der Waals surface area contributed by atoms with Gasteiger partial charge in [-0.15, -0.1) is 0 Å². The maximum absolute atomic E-state index is 12.5. The van der Waals surface area contributed by atoms with Crippen LogP contribution in [0.5, 0.6) is 0 Å². The Bertz CT molecular complexity index is 1210. The Kier molecular flexibility index (Phi) is 63.0. The first kappa shape index (κ1) is 73.1. The van der Waals surface area contributed by atoms with Crippen molar-refractivity contribution in [3.63, 3.8) is 0 Å². The smallest absolute Gasteiger partial charge is 0.305 e. The second-order valence-corrected chi connectivity index (χ2v) is 23.1. The van der Waals surface area contributed by atoms with Crippen molar-refractivity contribution >= 4 is 11.9 Å². The minimum Gasteiger partial charge on any atom is -0.466 e. The van der Waals surface area contributed by atoms with Gasteiger partial charge in [0.1, 0.15) is 0 Å². The van der Waals surface area contributed by atoms with Crippen molar-refractivity contribution in [1.82, 2.24) is 5.32 Å². The summed E-state index contributed by atoms with van der Waals surface area (Å²) in [6, 6.07) is -0.546. The number of rotatable bonds is 63. The summed E-state index contributed by atoms with van der Waals surface area (Å²) in [6.07, 6.45) is 81.7. The Morgan fingerprint density at radius 2 is 0.667 bits per heavy atom. The van der Waals surface area contributed by atoms with E-state index in [1.54, 1.807) is 0 Å². The molecule has 0 aromatic heterocycles. The Morgan fingerprint density at radius 3 is 1.05 bits per heavy atom. The van der Waals surface area contributed by atoms with Crippen LogP contribution in [0.3, 0.4) is 0 Å². The van der Waals surface area contributed by atoms with Crippen LogP contribution in [-0.2, 0) is 14.3 Å². The normalized spacial score (nSPS) is 12.7. The van der Waals surface area contributed by atoms with Crippen molar-refractivity contribution in [2.75, 3.05) is 13.2 Å². The highest BCUT2D eigenvalue weighted by Crippen LogP contribution is 2.18. The minimum absolute atomic E-state index is 0.00816. The van der Waals surface area contributed by atoms with Crippen LogP contribution in [-0.4, -0.2) is 47.4 Å². The summed E-state index contributed by atoms with van der Waals surface area (Å²) in [6.45, 7) is 4.95. The first-order chi connectivity index (χ1) is 37.0. The lowest BCUT2D eigenvalue weighted by molar-refractivity contribution is -0.143. The van der Waals surface area contributed by atoms with E-state index in [0.717, 1.165) is 51.4 Å². The number of ether oxygens (including phenoxy) is 1. The van der Waals surface area contributed by atoms with E-state index in [1.807, 2.05) is 0 Å². The van der Waals surface area contributed by atoms with Crippen LogP contribution in [0.2, 0.25) is 0 Å². The summed E-state index contributed by atoms with van der Waals surface area (Å²) >= 11 is 0. The third-order valence-electron chi connectivity index (χ3n) is 15.7. The second-order valence-electron chi connectivity index (χ2n) is 23.1. The van der Waals surface area contributed by atoms with Crippen LogP contribution in [0.1, 0.15) is 367 Å². The fourth-order valence-corrected chi connectivity index (χ4v) is 10.5. The highest BCUT2D eigenvalue weighted by atomic mass is 16.5. The number of hydrogen-bond donors (Lipinski definition) is 3. The number of aliphatic hydroxyl groups excluding tert-OH is 2. The van der Waals surface area contributed by atoms with Crippen molar-refractivity contribution in [3.8, 4) is 0 Å². The van der Waals surface area contributed by atoms with Crippen LogP contribution in [0.4, 0.5) is 0 Å². The molecule has 0 spiro atoms. The molecule has 0 saturated carbocycles. The van der Waals surface area contributed by atoms with Gasteiger partial charge in [0, 0.05) is 12.8 Å². The second kappa shape index (κ2) is 64.6. The lowest BCUT2D eigenvalue weighted by atomic mass is 10.0. The van der Waals surface area contributed by atoms with Crippen LogP contribution in [0.15, 0.2) is 36.5 Å². The zero-order chi connectivity index (χ0) is 54.3. The number of nitrogens with one attached hydrogen (secondary N) is 1. The zero-order valence-electron chi connectivity index (χ0n) is 50.5. The maximum atomic E-state index is 12.5. The molecule has 0 aromatic carbocycles. The number of amides is 1. The van der Waals surface area contributed by atoms with Crippen molar-refractivity contribution in [2.24, 2.45) is 0 Å². The van der Waals surface area contributed by atoms with Gasteiger partial charge >= 0.3 is 5.97 Å². The molecule has 0 aliphatic carbocycles. The molecule has 0 aliphatic rings. The molecule has 2 unspecified atom stereocenters. The van der Waals surface area contributed by atoms with Gasteiger partial charge in [0.15, 0.2) is 0 Å². The zero-order valence-corrected chi connectivity index (χ0v) is 50.5. The molecule has 0 heterocycles. The van der Waals surface area contributed by atoms with Gasteiger partial charge in [-0.2, -0.15) is 0 Å². The fourth-order valence-electron chi connectivity index (χ4n) is 10.5. The van der Waals surface area contributed by atoms with Gasteiger partial charge in [0.25, 0.3) is 0 Å². The average molecular weight is 1050 g/mol. The molecule has 0 fully saturated rings. The van der Waals surface area contributed by atoms with Gasteiger partial charge in [0.2, 0.25) is 5.91 Å². The maximum Gasteiger partial charge on any atom is 0.305 e. The molecule has 0 rings (SSSR count). The third-order valence-corrected chi connectivity index (χ3v) is 15.7. The first-order valence-corrected chi connectivity index (χ1v) is 33.7. The number of aliphatic hydroxyl groups is 2. The minimum atomic E-state index is -0.669. The van der Waals surface area contributed by atoms with E-state index in [1.165, 1.54) is 283 Å². The summed E-state index contributed by atoms with van der Waals surface area (Å²) < 4.78 is 5.50. The Morgan fingerprint density at radius 1 is 0.373 bits per heavy atom. The highest BCUT2D eigenvalue weighted by Gasteiger charge is 2.20. The molecule has 75 heavy (non-hydrogen) atoms. The number of carbonyl (C=O) groups is 2. The standard InChI is InChI=1S/C69H131NO5/c1-3-5-7-9-11-13-15-17-19-21-27-31-35-39-43-47-51-55-59-63-69(74)75-64-60-56-52-48-44-40-36-32-29-26-24-22-23-25-28-30-34-38-42-46-50-54-58-62-68(73)70-66(65-71)67(72)61-57-53-49-45-41-37-33-20-18-16-14-12-10-8-6-4-2/h11,13,17,19,25,28,66-67,71-72H,3-10,12,14-16,18,20-24,26-27,29-65H2,1-2H3,(H,70,73)/b13-11-,19-17-,28-25-. The summed E-state index contributed by atoms with van der Waals surface area (Å²) in [5.74, 6) is -0.0309. The average Bonchev–Trinajstić information content (AvgIpc) is 3.41. The first-order valence-electron chi connectivity index (χ1n) is 33.7. The third kappa shape index (κ3) is 61.2. The molecule has 0 aliphatic heterocycles. The number of unbranched alkanes of at least 4 members (excludes halogenated alkanes) is 46. The van der Waals surface area contributed by atoms with Crippen molar-refractivity contribution < 1.29 is 24.5 Å². The SMILES string of the molecule is CCCCC/C=C\C/C=C\CCCCCCCCCCCC(=O)OCCCCCCCCCCCCCC/C=C\CCCCCCCCCC(=O)NC(CO)C(O)CCCCCCCCCCCCCCCCCC.